The molecule has 1 aliphatic rings. The molecule has 1 aromatic carbocycles. The molecular formula is C18H20OS. The first kappa shape index (κ1) is 13.6. The van der Waals surface area contributed by atoms with Crippen molar-refractivity contribution in [3.8, 4) is 0 Å². The molecule has 0 saturated carbocycles. The van der Waals surface area contributed by atoms with Gasteiger partial charge >= 0.3 is 0 Å². The van der Waals surface area contributed by atoms with Crippen LogP contribution >= 0.6 is 11.3 Å². The van der Waals surface area contributed by atoms with Crippen LogP contribution in [0.3, 0.4) is 0 Å². The molecule has 0 saturated heterocycles. The van der Waals surface area contributed by atoms with Crippen molar-refractivity contribution in [2.75, 3.05) is 0 Å². The lowest BCUT2D eigenvalue weighted by Gasteiger charge is -2.01. The number of rotatable bonds is 3. The van der Waals surface area contributed by atoms with Gasteiger partial charge < -0.3 is 0 Å². The molecule has 0 aliphatic heterocycles. The van der Waals surface area contributed by atoms with Crippen molar-refractivity contribution in [3.05, 3.63) is 56.8 Å². The molecule has 20 heavy (non-hydrogen) atoms. The van der Waals surface area contributed by atoms with E-state index in [1.165, 1.54) is 35.3 Å². The van der Waals surface area contributed by atoms with Gasteiger partial charge in [-0.25, -0.2) is 0 Å². The largest absolute Gasteiger partial charge is 0.288 e. The predicted octanol–water partition coefficient (Wildman–Crippen LogP) is 4.81. The van der Waals surface area contributed by atoms with Gasteiger partial charge in [-0.15, -0.1) is 11.3 Å². The van der Waals surface area contributed by atoms with Crippen molar-refractivity contribution in [1.29, 1.82) is 0 Å². The summed E-state index contributed by atoms with van der Waals surface area (Å²) in [7, 11) is 0. The van der Waals surface area contributed by atoms with Crippen LogP contribution in [0.2, 0.25) is 0 Å². The van der Waals surface area contributed by atoms with Gasteiger partial charge in [0, 0.05) is 10.4 Å². The van der Waals surface area contributed by atoms with Gasteiger partial charge in [0.2, 0.25) is 5.78 Å². The highest BCUT2D eigenvalue weighted by Gasteiger charge is 2.17. The van der Waals surface area contributed by atoms with Crippen molar-refractivity contribution >= 4 is 17.1 Å². The minimum Gasteiger partial charge on any atom is -0.288 e. The summed E-state index contributed by atoms with van der Waals surface area (Å²) in [5.74, 6) is 0.193. The van der Waals surface area contributed by atoms with Crippen LogP contribution < -0.4 is 0 Å². The highest BCUT2D eigenvalue weighted by atomic mass is 32.1. The predicted molar refractivity (Wildman–Crippen MR) is 84.8 cm³/mol. The van der Waals surface area contributed by atoms with Crippen molar-refractivity contribution in [2.45, 2.75) is 45.4 Å². The maximum absolute atomic E-state index is 12.6. The van der Waals surface area contributed by atoms with Crippen LogP contribution in [0.4, 0.5) is 0 Å². The van der Waals surface area contributed by atoms with E-state index in [0.29, 0.717) is 0 Å². The molecule has 104 valence electrons. The molecule has 0 atom stereocenters. The van der Waals surface area contributed by atoms with Gasteiger partial charge in [0.15, 0.2) is 0 Å². The van der Waals surface area contributed by atoms with Crippen molar-refractivity contribution in [2.24, 2.45) is 0 Å². The topological polar surface area (TPSA) is 17.1 Å². The minimum atomic E-state index is 0.193. The van der Waals surface area contributed by atoms with E-state index in [0.717, 1.165) is 29.7 Å². The molecule has 2 aromatic rings. The SMILES string of the molecule is CCc1cccc(C(=O)c2cc3c(s2)CCCCC3)c1. The van der Waals surface area contributed by atoms with Gasteiger partial charge in [0.05, 0.1) is 4.88 Å². The Bertz CT molecular complexity index is 601. The quantitative estimate of drug-likeness (QED) is 0.584. The fourth-order valence-electron chi connectivity index (χ4n) is 2.85. The van der Waals surface area contributed by atoms with E-state index < -0.39 is 0 Å². The van der Waals surface area contributed by atoms with Gasteiger partial charge in [0.25, 0.3) is 0 Å². The van der Waals surface area contributed by atoms with Gasteiger partial charge in [-0.1, -0.05) is 31.5 Å². The molecule has 0 N–H and O–H groups in total. The van der Waals surface area contributed by atoms with E-state index >= 15 is 0 Å². The average Bonchev–Trinajstić information content (AvgIpc) is 2.77. The monoisotopic (exact) mass is 284 g/mol. The second kappa shape index (κ2) is 5.92. The Labute approximate surface area is 124 Å². The molecule has 0 fully saturated rings. The number of benzene rings is 1. The third-order valence-corrected chi connectivity index (χ3v) is 5.30. The third kappa shape index (κ3) is 2.71. The molecular weight excluding hydrogens is 264 g/mol. The zero-order valence-electron chi connectivity index (χ0n) is 11.9. The summed E-state index contributed by atoms with van der Waals surface area (Å²) >= 11 is 1.72. The molecule has 0 spiro atoms. The number of fused-ring (bicyclic) bond motifs is 1. The van der Waals surface area contributed by atoms with Crippen molar-refractivity contribution in [3.63, 3.8) is 0 Å². The third-order valence-electron chi connectivity index (χ3n) is 4.07. The summed E-state index contributed by atoms with van der Waals surface area (Å²) in [5.41, 5.74) is 3.48. The molecule has 3 rings (SSSR count). The number of carbonyl (C=O) groups excluding carboxylic acids is 1. The summed E-state index contributed by atoms with van der Waals surface area (Å²) in [6.45, 7) is 2.12. The van der Waals surface area contributed by atoms with Crippen molar-refractivity contribution in [1.82, 2.24) is 0 Å². The van der Waals surface area contributed by atoms with E-state index in [1.54, 1.807) is 11.3 Å². The maximum Gasteiger partial charge on any atom is 0.202 e. The van der Waals surface area contributed by atoms with Crippen LogP contribution in [0.1, 0.15) is 57.4 Å². The van der Waals surface area contributed by atoms with E-state index in [1.807, 2.05) is 18.2 Å². The first-order valence-corrected chi connectivity index (χ1v) is 8.35. The normalized spacial score (nSPS) is 14.7. The summed E-state index contributed by atoms with van der Waals surface area (Å²) < 4.78 is 0. The standard InChI is InChI=1S/C18H20OS/c1-2-13-7-6-9-15(11-13)18(19)17-12-14-8-4-3-5-10-16(14)20-17/h6-7,9,11-12H,2-5,8,10H2,1H3. The number of carbonyl (C=O) groups is 1. The number of ketones is 1. The average molecular weight is 284 g/mol. The van der Waals surface area contributed by atoms with Crippen LogP contribution in [0.15, 0.2) is 30.3 Å². The van der Waals surface area contributed by atoms with E-state index in [4.69, 9.17) is 0 Å². The number of hydrogen-bond donors (Lipinski definition) is 0. The van der Waals surface area contributed by atoms with Crippen LogP contribution in [0.25, 0.3) is 0 Å². The smallest absolute Gasteiger partial charge is 0.202 e. The fraction of sp³-hybridized carbons (Fsp3) is 0.389. The number of aryl methyl sites for hydroxylation is 3. The molecule has 2 heteroatoms. The Hall–Kier alpha value is -1.41. The van der Waals surface area contributed by atoms with E-state index in [9.17, 15) is 4.79 Å². The van der Waals surface area contributed by atoms with Gasteiger partial charge in [-0.3, -0.25) is 4.79 Å². The lowest BCUT2D eigenvalue weighted by molar-refractivity contribution is 0.104. The van der Waals surface area contributed by atoms with Crippen molar-refractivity contribution < 1.29 is 4.79 Å². The summed E-state index contributed by atoms with van der Waals surface area (Å²) in [4.78, 5) is 15.0. The zero-order valence-corrected chi connectivity index (χ0v) is 12.8. The van der Waals surface area contributed by atoms with Gasteiger partial charge in [-0.2, -0.15) is 0 Å². The number of hydrogen-bond acceptors (Lipinski definition) is 2. The zero-order chi connectivity index (χ0) is 13.9. The summed E-state index contributed by atoms with van der Waals surface area (Å²) in [5, 5.41) is 0. The molecule has 0 radical (unpaired) electrons. The van der Waals surface area contributed by atoms with Gasteiger partial charge in [0.1, 0.15) is 0 Å². The molecule has 1 aliphatic carbocycles. The Morgan fingerprint density at radius 1 is 1.15 bits per heavy atom. The van der Waals surface area contributed by atoms with E-state index in [2.05, 4.69) is 19.1 Å². The maximum atomic E-state index is 12.6. The van der Waals surface area contributed by atoms with E-state index in [-0.39, 0.29) is 5.78 Å². The van der Waals surface area contributed by atoms with Gasteiger partial charge in [-0.05, 0) is 55.4 Å². The highest BCUT2D eigenvalue weighted by molar-refractivity contribution is 7.14. The summed E-state index contributed by atoms with van der Waals surface area (Å²) in [6.07, 6.45) is 7.14. The Morgan fingerprint density at radius 2 is 2.00 bits per heavy atom. The highest BCUT2D eigenvalue weighted by Crippen LogP contribution is 2.30. The van der Waals surface area contributed by atoms with Crippen LogP contribution in [0, 0.1) is 0 Å². The molecule has 1 aromatic heterocycles. The lowest BCUT2D eigenvalue weighted by atomic mass is 10.0. The van der Waals surface area contributed by atoms with Crippen LogP contribution in [-0.2, 0) is 19.3 Å². The molecule has 1 heterocycles. The fourth-order valence-corrected chi connectivity index (χ4v) is 4.07. The second-order valence-electron chi connectivity index (χ2n) is 5.50. The Kier molecular flexibility index (Phi) is 4.02. The first-order valence-electron chi connectivity index (χ1n) is 7.53. The molecule has 0 bridgehead atoms. The molecule has 1 nitrogen and oxygen atoms in total. The number of thiophene rings is 1. The van der Waals surface area contributed by atoms with Crippen LogP contribution in [0.5, 0.6) is 0 Å². The lowest BCUT2D eigenvalue weighted by Crippen LogP contribution is -1.99. The Balaban J connectivity index is 1.90. The Morgan fingerprint density at radius 3 is 2.85 bits per heavy atom. The molecule has 0 amide bonds. The minimum absolute atomic E-state index is 0.193. The first-order chi connectivity index (χ1) is 9.78. The molecule has 0 unspecified atom stereocenters. The summed E-state index contributed by atoms with van der Waals surface area (Å²) in [6, 6.07) is 10.2. The second-order valence-corrected chi connectivity index (χ2v) is 6.64. The van der Waals surface area contributed by atoms with Crippen LogP contribution in [-0.4, -0.2) is 5.78 Å².